The van der Waals surface area contributed by atoms with Crippen molar-refractivity contribution < 1.29 is 18.4 Å². The van der Waals surface area contributed by atoms with Gasteiger partial charge in [0.1, 0.15) is 17.4 Å². The number of hydrogen-bond donors (Lipinski definition) is 2. The fourth-order valence-corrected chi connectivity index (χ4v) is 2.60. The Bertz CT molecular complexity index is 735. The molecule has 1 fully saturated rings. The second kappa shape index (κ2) is 7.17. The van der Waals surface area contributed by atoms with Crippen LogP contribution in [-0.4, -0.2) is 24.0 Å². The smallest absolute Gasteiger partial charge is 0.237 e. The van der Waals surface area contributed by atoms with Crippen LogP contribution in [0.1, 0.15) is 20.8 Å². The molecule has 0 spiro atoms. The second-order valence-electron chi connectivity index (χ2n) is 6.67. The molecule has 0 aromatic heterocycles. The van der Waals surface area contributed by atoms with Crippen molar-refractivity contribution in [3.05, 3.63) is 53.9 Å². The number of allylic oxidation sites excluding steroid dienone is 2. The van der Waals surface area contributed by atoms with Crippen molar-refractivity contribution in [2.75, 3.05) is 11.9 Å². The lowest BCUT2D eigenvalue weighted by Gasteiger charge is -2.20. The number of amides is 2. The molecule has 0 saturated carbocycles. The highest BCUT2D eigenvalue weighted by molar-refractivity contribution is 6.08. The van der Waals surface area contributed by atoms with Crippen molar-refractivity contribution in [1.29, 1.82) is 0 Å². The molecule has 0 aliphatic carbocycles. The Kier molecular flexibility index (Phi) is 5.40. The summed E-state index contributed by atoms with van der Waals surface area (Å²) in [5, 5.41) is 5.06. The van der Waals surface area contributed by atoms with Gasteiger partial charge in [-0.1, -0.05) is 24.8 Å². The standard InChI is InChI=1S/C19H22F2N2O2/c1-11(9-12(2)19(3,4)21)13-10-22-17(24)16(13)18(25)23-15-8-6-5-7-14(15)20/h5-9,13,16H,1,10H2,2-4H3,(H,22,24)(H,23,25)/b12-9+/t13-,16-/m1/s1. The van der Waals surface area contributed by atoms with Crippen LogP contribution in [0, 0.1) is 17.7 Å². The van der Waals surface area contributed by atoms with Crippen LogP contribution in [0.25, 0.3) is 0 Å². The SMILES string of the molecule is C=C(/C=C(\C)C(C)(C)F)[C@H]1CNC(=O)[C@@H]1C(=O)Nc1ccccc1F. The van der Waals surface area contributed by atoms with E-state index in [1.165, 1.54) is 32.0 Å². The van der Waals surface area contributed by atoms with Gasteiger partial charge in [-0.25, -0.2) is 8.78 Å². The van der Waals surface area contributed by atoms with Crippen LogP contribution in [-0.2, 0) is 9.59 Å². The van der Waals surface area contributed by atoms with Gasteiger partial charge in [0.25, 0.3) is 0 Å². The average Bonchev–Trinajstić information content (AvgIpc) is 2.90. The number of nitrogens with one attached hydrogen (secondary N) is 2. The fraction of sp³-hybridized carbons (Fsp3) is 0.368. The zero-order valence-electron chi connectivity index (χ0n) is 14.5. The molecule has 134 valence electrons. The lowest BCUT2D eigenvalue weighted by Crippen LogP contribution is -2.33. The number of anilines is 1. The summed E-state index contributed by atoms with van der Waals surface area (Å²) in [5.41, 5.74) is -0.585. The van der Waals surface area contributed by atoms with Gasteiger partial charge in [-0.2, -0.15) is 0 Å². The Balaban J connectivity index is 2.20. The van der Waals surface area contributed by atoms with Gasteiger partial charge in [-0.15, -0.1) is 0 Å². The monoisotopic (exact) mass is 348 g/mol. The third kappa shape index (κ3) is 4.32. The Hall–Kier alpha value is -2.50. The Morgan fingerprint density at radius 3 is 2.64 bits per heavy atom. The predicted octanol–water partition coefficient (Wildman–Crippen LogP) is 3.38. The topological polar surface area (TPSA) is 58.2 Å². The maximum atomic E-state index is 14.0. The maximum Gasteiger partial charge on any atom is 0.237 e. The van der Waals surface area contributed by atoms with E-state index in [1.54, 1.807) is 19.1 Å². The van der Waals surface area contributed by atoms with E-state index in [2.05, 4.69) is 17.2 Å². The number of benzene rings is 1. The molecule has 1 aliphatic heterocycles. The van der Waals surface area contributed by atoms with E-state index in [0.29, 0.717) is 11.1 Å². The third-order valence-electron chi connectivity index (χ3n) is 4.41. The number of para-hydroxylation sites is 1. The highest BCUT2D eigenvalue weighted by atomic mass is 19.1. The van der Waals surface area contributed by atoms with Gasteiger partial charge in [0.05, 0.1) is 5.69 Å². The number of rotatable bonds is 5. The molecule has 0 radical (unpaired) electrons. The first-order valence-corrected chi connectivity index (χ1v) is 8.01. The molecular formula is C19H22F2N2O2. The van der Waals surface area contributed by atoms with Crippen LogP contribution in [0.15, 0.2) is 48.1 Å². The van der Waals surface area contributed by atoms with E-state index < -0.39 is 35.1 Å². The molecular weight excluding hydrogens is 326 g/mol. The predicted molar refractivity (Wildman–Crippen MR) is 93.1 cm³/mol. The highest BCUT2D eigenvalue weighted by Gasteiger charge is 2.41. The van der Waals surface area contributed by atoms with Gasteiger partial charge in [0.15, 0.2) is 0 Å². The lowest BCUT2D eigenvalue weighted by atomic mass is 9.86. The Labute approximate surface area is 146 Å². The first-order valence-electron chi connectivity index (χ1n) is 8.01. The largest absolute Gasteiger partial charge is 0.355 e. The summed E-state index contributed by atoms with van der Waals surface area (Å²) in [6, 6.07) is 5.72. The molecule has 1 aliphatic rings. The zero-order valence-corrected chi connectivity index (χ0v) is 14.5. The van der Waals surface area contributed by atoms with Gasteiger partial charge >= 0.3 is 0 Å². The van der Waals surface area contributed by atoms with Crippen molar-refractivity contribution in [2.24, 2.45) is 11.8 Å². The van der Waals surface area contributed by atoms with Crippen molar-refractivity contribution in [3.8, 4) is 0 Å². The van der Waals surface area contributed by atoms with Gasteiger partial charge in [0.2, 0.25) is 11.8 Å². The van der Waals surface area contributed by atoms with Gasteiger partial charge in [0, 0.05) is 12.5 Å². The van der Waals surface area contributed by atoms with E-state index in [1.807, 2.05) is 0 Å². The van der Waals surface area contributed by atoms with Gasteiger partial charge in [-0.3, -0.25) is 9.59 Å². The van der Waals surface area contributed by atoms with E-state index in [4.69, 9.17) is 0 Å². The highest BCUT2D eigenvalue weighted by Crippen LogP contribution is 2.30. The molecule has 0 bridgehead atoms. The first kappa shape index (κ1) is 18.8. The number of hydrogen-bond acceptors (Lipinski definition) is 2. The van der Waals surface area contributed by atoms with Crippen LogP contribution in [0.4, 0.5) is 14.5 Å². The molecule has 2 amide bonds. The average molecular weight is 348 g/mol. The number of alkyl halides is 1. The second-order valence-corrected chi connectivity index (χ2v) is 6.67. The molecule has 1 aromatic carbocycles. The molecule has 1 heterocycles. The van der Waals surface area contributed by atoms with Gasteiger partial charge in [-0.05, 0) is 44.1 Å². The Morgan fingerprint density at radius 1 is 1.40 bits per heavy atom. The molecule has 2 N–H and O–H groups in total. The van der Waals surface area contributed by atoms with Crippen LogP contribution < -0.4 is 10.6 Å². The zero-order chi connectivity index (χ0) is 18.8. The minimum Gasteiger partial charge on any atom is -0.355 e. The molecule has 1 saturated heterocycles. The summed E-state index contributed by atoms with van der Waals surface area (Å²) in [7, 11) is 0. The lowest BCUT2D eigenvalue weighted by molar-refractivity contribution is -0.130. The molecule has 0 unspecified atom stereocenters. The van der Waals surface area contributed by atoms with E-state index in [9.17, 15) is 18.4 Å². The van der Waals surface area contributed by atoms with Crippen molar-refractivity contribution >= 4 is 17.5 Å². The molecule has 6 heteroatoms. The van der Waals surface area contributed by atoms with E-state index >= 15 is 0 Å². The van der Waals surface area contributed by atoms with E-state index in [-0.39, 0.29) is 12.2 Å². The quantitative estimate of drug-likeness (QED) is 0.633. The molecule has 4 nitrogen and oxygen atoms in total. The van der Waals surface area contributed by atoms with Crippen molar-refractivity contribution in [2.45, 2.75) is 26.4 Å². The number of halogens is 2. The normalized spacial score (nSPS) is 21.0. The van der Waals surface area contributed by atoms with E-state index in [0.717, 1.165) is 0 Å². The van der Waals surface area contributed by atoms with Crippen LogP contribution >= 0.6 is 0 Å². The third-order valence-corrected chi connectivity index (χ3v) is 4.41. The Morgan fingerprint density at radius 2 is 2.04 bits per heavy atom. The molecule has 2 rings (SSSR count). The minimum atomic E-state index is -1.52. The fourth-order valence-electron chi connectivity index (χ4n) is 2.60. The number of carbonyl (C=O) groups excluding carboxylic acids is 2. The summed E-state index contributed by atoms with van der Waals surface area (Å²) in [5.74, 6) is -3.21. The minimum absolute atomic E-state index is 0.00757. The summed E-state index contributed by atoms with van der Waals surface area (Å²) in [4.78, 5) is 24.6. The first-order chi connectivity index (χ1) is 11.6. The molecule has 1 aromatic rings. The number of carbonyl (C=O) groups is 2. The van der Waals surface area contributed by atoms with Crippen LogP contribution in [0.2, 0.25) is 0 Å². The molecule has 2 atom stereocenters. The summed E-state index contributed by atoms with van der Waals surface area (Å²) in [6.45, 7) is 8.59. The molecule has 25 heavy (non-hydrogen) atoms. The van der Waals surface area contributed by atoms with Crippen molar-refractivity contribution in [1.82, 2.24) is 5.32 Å². The van der Waals surface area contributed by atoms with Crippen LogP contribution in [0.3, 0.4) is 0 Å². The van der Waals surface area contributed by atoms with Gasteiger partial charge < -0.3 is 10.6 Å². The summed E-state index contributed by atoms with van der Waals surface area (Å²) >= 11 is 0. The summed E-state index contributed by atoms with van der Waals surface area (Å²) < 4.78 is 27.7. The maximum absolute atomic E-state index is 14.0. The van der Waals surface area contributed by atoms with Crippen molar-refractivity contribution in [3.63, 3.8) is 0 Å². The van der Waals surface area contributed by atoms with Crippen LogP contribution in [0.5, 0.6) is 0 Å². The summed E-state index contributed by atoms with van der Waals surface area (Å²) in [6.07, 6.45) is 1.56.